The van der Waals surface area contributed by atoms with Gasteiger partial charge >= 0.3 is 11.9 Å². The maximum atomic E-state index is 12.0. The second-order valence-electron chi connectivity index (χ2n) is 5.48. The van der Waals surface area contributed by atoms with Crippen LogP contribution in [0, 0.1) is 11.8 Å². The zero-order valence-corrected chi connectivity index (χ0v) is 11.6. The van der Waals surface area contributed by atoms with Crippen LogP contribution in [0.15, 0.2) is 12.1 Å². The highest BCUT2D eigenvalue weighted by Crippen LogP contribution is 2.68. The Balaban J connectivity index is 1.74. The number of ether oxygens (including phenoxy) is 4. The van der Waals surface area contributed by atoms with Gasteiger partial charge in [0.25, 0.3) is 0 Å². The van der Waals surface area contributed by atoms with E-state index in [9.17, 15) is 9.59 Å². The van der Waals surface area contributed by atoms with E-state index in [1.165, 1.54) is 14.2 Å². The predicted molar refractivity (Wildman–Crippen MR) is 69.1 cm³/mol. The molecule has 1 aromatic carbocycles. The minimum Gasteiger partial charge on any atom is -0.469 e. The van der Waals surface area contributed by atoms with Gasteiger partial charge in [0.05, 0.1) is 26.1 Å². The minimum atomic E-state index is -0.472. The highest BCUT2D eigenvalue weighted by atomic mass is 16.7. The van der Waals surface area contributed by atoms with Crippen LogP contribution in [-0.2, 0) is 19.1 Å². The topological polar surface area (TPSA) is 71.1 Å². The van der Waals surface area contributed by atoms with Gasteiger partial charge in [0.15, 0.2) is 11.5 Å². The molecule has 0 saturated heterocycles. The van der Waals surface area contributed by atoms with Crippen molar-refractivity contribution in [1.29, 1.82) is 0 Å². The van der Waals surface area contributed by atoms with Crippen molar-refractivity contribution in [2.45, 2.75) is 11.8 Å². The molecule has 4 atom stereocenters. The molecule has 6 nitrogen and oxygen atoms in total. The zero-order valence-electron chi connectivity index (χ0n) is 11.6. The first-order chi connectivity index (χ1) is 10.2. The van der Waals surface area contributed by atoms with E-state index >= 15 is 0 Å². The summed E-state index contributed by atoms with van der Waals surface area (Å²) >= 11 is 0. The van der Waals surface area contributed by atoms with E-state index < -0.39 is 11.8 Å². The van der Waals surface area contributed by atoms with E-state index in [4.69, 9.17) is 18.9 Å². The van der Waals surface area contributed by atoms with Gasteiger partial charge in [0.1, 0.15) is 0 Å². The smallest absolute Gasteiger partial charge is 0.310 e. The fourth-order valence-electron chi connectivity index (χ4n) is 3.83. The van der Waals surface area contributed by atoms with Gasteiger partial charge in [0.2, 0.25) is 6.79 Å². The quantitative estimate of drug-likeness (QED) is 0.762. The summed E-state index contributed by atoms with van der Waals surface area (Å²) in [7, 11) is 2.67. The first kappa shape index (κ1) is 12.5. The summed E-state index contributed by atoms with van der Waals surface area (Å²) in [6, 6.07) is 3.81. The lowest BCUT2D eigenvalue weighted by Crippen LogP contribution is -2.56. The van der Waals surface area contributed by atoms with Crippen molar-refractivity contribution in [2.24, 2.45) is 11.8 Å². The van der Waals surface area contributed by atoms with Gasteiger partial charge in [0, 0.05) is 11.8 Å². The molecule has 110 valence electrons. The SMILES string of the molecule is COC(=O)C1C(C(=O)OC)[C@@H]2c3cc4c(cc3C12)OCO4. The lowest BCUT2D eigenvalue weighted by molar-refractivity contribution is -0.170. The van der Waals surface area contributed by atoms with Crippen LogP contribution in [0.25, 0.3) is 0 Å². The Morgan fingerprint density at radius 1 is 0.952 bits per heavy atom. The number of rotatable bonds is 2. The van der Waals surface area contributed by atoms with Gasteiger partial charge in [-0.3, -0.25) is 9.59 Å². The Bertz CT molecular complexity index is 597. The van der Waals surface area contributed by atoms with E-state index in [0.29, 0.717) is 11.5 Å². The van der Waals surface area contributed by atoms with Crippen molar-refractivity contribution < 1.29 is 28.5 Å². The molecular weight excluding hydrogens is 276 g/mol. The van der Waals surface area contributed by atoms with Crippen LogP contribution >= 0.6 is 0 Å². The monoisotopic (exact) mass is 290 g/mol. The molecule has 0 spiro atoms. The molecule has 0 radical (unpaired) electrons. The molecule has 21 heavy (non-hydrogen) atoms. The third-order valence-corrected chi connectivity index (χ3v) is 4.79. The number of benzene rings is 1. The van der Waals surface area contributed by atoms with Crippen LogP contribution in [0.2, 0.25) is 0 Å². The minimum absolute atomic E-state index is 0.00560. The number of esters is 2. The van der Waals surface area contributed by atoms with Crippen LogP contribution in [0.1, 0.15) is 23.0 Å². The third kappa shape index (κ3) is 1.42. The summed E-state index contributed by atoms with van der Waals surface area (Å²) in [5.74, 6) is -0.280. The number of carbonyl (C=O) groups excluding carboxylic acids is 2. The molecule has 1 aliphatic heterocycles. The fourth-order valence-corrected chi connectivity index (χ4v) is 3.83. The predicted octanol–water partition coefficient (Wildman–Crippen LogP) is 1.19. The summed E-state index contributed by atoms with van der Waals surface area (Å²) in [6.07, 6.45) is 0. The van der Waals surface area contributed by atoms with Crippen LogP contribution < -0.4 is 9.47 Å². The van der Waals surface area contributed by atoms with Crippen LogP contribution in [-0.4, -0.2) is 33.0 Å². The highest BCUT2D eigenvalue weighted by molar-refractivity contribution is 5.89. The van der Waals surface area contributed by atoms with Crippen LogP contribution in [0.4, 0.5) is 0 Å². The van der Waals surface area contributed by atoms with Crippen molar-refractivity contribution in [2.75, 3.05) is 21.0 Å². The molecule has 0 amide bonds. The van der Waals surface area contributed by atoms with E-state index in [0.717, 1.165) is 11.1 Å². The number of methoxy groups -OCH3 is 2. The molecule has 4 rings (SSSR count). The lowest BCUT2D eigenvalue weighted by Gasteiger charge is -2.57. The van der Waals surface area contributed by atoms with Crippen LogP contribution in [0.3, 0.4) is 0 Å². The molecule has 2 aliphatic carbocycles. The molecule has 1 aromatic rings. The van der Waals surface area contributed by atoms with E-state index in [-0.39, 0.29) is 30.6 Å². The molecule has 0 aromatic heterocycles. The Hall–Kier alpha value is -2.24. The van der Waals surface area contributed by atoms with Crippen molar-refractivity contribution >= 4 is 11.9 Å². The normalized spacial score (nSPS) is 30.4. The first-order valence-corrected chi connectivity index (χ1v) is 6.76. The largest absolute Gasteiger partial charge is 0.469 e. The fraction of sp³-hybridized carbons (Fsp3) is 0.467. The molecule has 1 heterocycles. The molecule has 3 unspecified atom stereocenters. The van der Waals surface area contributed by atoms with Gasteiger partial charge in [-0.2, -0.15) is 0 Å². The summed E-state index contributed by atoms with van der Waals surface area (Å²) in [5.41, 5.74) is 2.08. The zero-order chi connectivity index (χ0) is 14.7. The second kappa shape index (κ2) is 4.13. The summed E-state index contributed by atoms with van der Waals surface area (Å²) in [6.45, 7) is 0.203. The Kier molecular flexibility index (Phi) is 2.46. The maximum absolute atomic E-state index is 12.0. The van der Waals surface area contributed by atoms with Gasteiger partial charge < -0.3 is 18.9 Å². The highest BCUT2D eigenvalue weighted by Gasteiger charge is 2.65. The average Bonchev–Trinajstić information content (AvgIpc) is 2.92. The first-order valence-electron chi connectivity index (χ1n) is 6.76. The lowest BCUT2D eigenvalue weighted by atomic mass is 9.44. The number of fused-ring (bicyclic) bond motifs is 5. The second-order valence-corrected chi connectivity index (χ2v) is 5.48. The van der Waals surface area contributed by atoms with Gasteiger partial charge in [-0.15, -0.1) is 0 Å². The maximum Gasteiger partial charge on any atom is 0.310 e. The van der Waals surface area contributed by atoms with Crippen molar-refractivity contribution in [3.8, 4) is 11.5 Å². The molecule has 0 N–H and O–H groups in total. The number of hydrogen-bond acceptors (Lipinski definition) is 6. The standard InChI is InChI=1S/C15H14O6/c1-18-14(16)12-10-6-3-8-9(21-5-20-8)4-7(6)11(10)13(12)15(17)19-2/h3-4,10-13H,5H2,1-2H3/t10-,11?,12?,13?/m1/s1. The molecule has 6 heteroatoms. The Morgan fingerprint density at radius 2 is 1.38 bits per heavy atom. The molecular formula is C15H14O6. The number of hydrogen-bond donors (Lipinski definition) is 0. The van der Waals surface area contributed by atoms with Gasteiger partial charge in [-0.1, -0.05) is 0 Å². The molecule has 3 aliphatic rings. The average molecular weight is 290 g/mol. The van der Waals surface area contributed by atoms with Gasteiger partial charge in [-0.25, -0.2) is 0 Å². The third-order valence-electron chi connectivity index (χ3n) is 4.79. The van der Waals surface area contributed by atoms with Crippen molar-refractivity contribution in [1.82, 2.24) is 0 Å². The van der Waals surface area contributed by atoms with E-state index in [2.05, 4.69) is 0 Å². The molecule has 1 saturated carbocycles. The van der Waals surface area contributed by atoms with Crippen LogP contribution in [0.5, 0.6) is 11.5 Å². The summed E-state index contributed by atoms with van der Waals surface area (Å²) in [4.78, 5) is 23.9. The van der Waals surface area contributed by atoms with E-state index in [1.807, 2.05) is 12.1 Å². The molecule has 0 bridgehead atoms. The summed E-state index contributed by atoms with van der Waals surface area (Å²) in [5, 5.41) is 0. The van der Waals surface area contributed by atoms with Crippen molar-refractivity contribution in [3.63, 3.8) is 0 Å². The molecule has 1 fully saturated rings. The van der Waals surface area contributed by atoms with Crippen molar-refractivity contribution in [3.05, 3.63) is 23.3 Å². The number of carbonyl (C=O) groups is 2. The Morgan fingerprint density at radius 3 is 1.76 bits per heavy atom. The summed E-state index contributed by atoms with van der Waals surface area (Å²) < 4.78 is 20.4. The Labute approximate surface area is 120 Å². The van der Waals surface area contributed by atoms with Gasteiger partial charge in [-0.05, 0) is 23.3 Å². The van der Waals surface area contributed by atoms with E-state index in [1.54, 1.807) is 0 Å².